The molecule has 1 aromatic heterocycles. The molecule has 4 rings (SSSR count). The summed E-state index contributed by atoms with van der Waals surface area (Å²) >= 11 is 5.89. The molecule has 144 valence electrons. The lowest BCUT2D eigenvalue weighted by molar-refractivity contribution is 0.308. The quantitative estimate of drug-likeness (QED) is 0.210. The normalized spacial score (nSPS) is 11.6. The molecule has 0 atom stereocenters. The minimum Gasteiger partial charge on any atom is -0.487 e. The summed E-state index contributed by atoms with van der Waals surface area (Å²) in [7, 11) is 0. The number of nitrogens with zero attached hydrogens (tertiary/aromatic N) is 1. The zero-order chi connectivity index (χ0) is 20.2. The summed E-state index contributed by atoms with van der Waals surface area (Å²) in [6.07, 6.45) is 0. The van der Waals surface area contributed by atoms with E-state index in [1.165, 1.54) is 6.07 Å². The Labute approximate surface area is 171 Å². The van der Waals surface area contributed by atoms with Gasteiger partial charge in [0.05, 0.1) is 0 Å². The van der Waals surface area contributed by atoms with E-state index in [-0.39, 0.29) is 6.61 Å². The van der Waals surface area contributed by atoms with Crippen molar-refractivity contribution in [2.75, 3.05) is 6.61 Å². The van der Waals surface area contributed by atoms with Gasteiger partial charge in [0.25, 0.3) is 0 Å². The number of fused-ring (bicyclic) bond motifs is 1. The van der Waals surface area contributed by atoms with E-state index in [4.69, 9.17) is 20.8 Å². The molecule has 3 aromatic carbocycles. The minimum atomic E-state index is -0.438. The van der Waals surface area contributed by atoms with Gasteiger partial charge in [-0.05, 0) is 35.4 Å². The molecule has 0 aliphatic rings. The highest BCUT2D eigenvalue weighted by atomic mass is 35.5. The first-order chi connectivity index (χ1) is 14.1. The van der Waals surface area contributed by atoms with Gasteiger partial charge >= 0.3 is 5.63 Å². The van der Waals surface area contributed by atoms with Gasteiger partial charge in [-0.15, -0.1) is 0 Å². The SMILES string of the molecule is O=c1cc(-c2ccccc2)c2ccc(OC/C(=N/O)c3ccc(Cl)cc3)cc2o1. The van der Waals surface area contributed by atoms with E-state index < -0.39 is 5.63 Å². The largest absolute Gasteiger partial charge is 0.487 e. The highest BCUT2D eigenvalue weighted by Gasteiger charge is 2.10. The summed E-state index contributed by atoms with van der Waals surface area (Å²) in [5.74, 6) is 0.487. The molecule has 0 unspecified atom stereocenters. The smallest absolute Gasteiger partial charge is 0.336 e. The standard InChI is InChI=1S/C23H16ClNO4/c24-17-8-6-16(7-9-17)21(25-27)14-28-18-10-11-19-20(15-4-2-1-3-5-15)13-23(26)29-22(19)12-18/h1-13,27H,14H2/b25-21-. The second-order valence-electron chi connectivity index (χ2n) is 6.35. The Morgan fingerprint density at radius 1 is 1.00 bits per heavy atom. The Morgan fingerprint density at radius 2 is 1.76 bits per heavy atom. The topological polar surface area (TPSA) is 72.0 Å². The summed E-state index contributed by atoms with van der Waals surface area (Å²) in [4.78, 5) is 12.0. The summed E-state index contributed by atoms with van der Waals surface area (Å²) in [6, 6.07) is 23.3. The van der Waals surface area contributed by atoms with Crippen LogP contribution in [0, 0.1) is 0 Å². The second kappa shape index (κ2) is 8.20. The molecule has 0 bridgehead atoms. The maximum atomic E-state index is 12.0. The average Bonchev–Trinajstić information content (AvgIpc) is 2.75. The number of hydrogen-bond acceptors (Lipinski definition) is 5. The molecule has 0 saturated carbocycles. The van der Waals surface area contributed by atoms with Crippen molar-refractivity contribution in [2.24, 2.45) is 5.16 Å². The molecule has 29 heavy (non-hydrogen) atoms. The van der Waals surface area contributed by atoms with Gasteiger partial charge in [-0.3, -0.25) is 0 Å². The molecule has 6 heteroatoms. The Kier molecular flexibility index (Phi) is 5.31. The number of ether oxygens (including phenoxy) is 1. The molecule has 0 aliphatic heterocycles. The first-order valence-electron chi connectivity index (χ1n) is 8.87. The van der Waals surface area contributed by atoms with Crippen molar-refractivity contribution in [3.63, 3.8) is 0 Å². The lowest BCUT2D eigenvalue weighted by Gasteiger charge is -2.10. The zero-order valence-corrected chi connectivity index (χ0v) is 16.0. The molecule has 0 fully saturated rings. The minimum absolute atomic E-state index is 0.0340. The molecule has 1 N–H and O–H groups in total. The monoisotopic (exact) mass is 405 g/mol. The number of benzene rings is 3. The summed E-state index contributed by atoms with van der Waals surface area (Å²) in [6.45, 7) is 0.0340. The third kappa shape index (κ3) is 4.15. The van der Waals surface area contributed by atoms with Crippen LogP contribution in [0.3, 0.4) is 0 Å². The van der Waals surface area contributed by atoms with Crippen LogP contribution in [0.1, 0.15) is 5.56 Å². The fourth-order valence-electron chi connectivity index (χ4n) is 3.05. The van der Waals surface area contributed by atoms with Crippen molar-refractivity contribution in [3.8, 4) is 16.9 Å². The zero-order valence-electron chi connectivity index (χ0n) is 15.2. The Balaban J connectivity index is 1.62. The number of hydrogen-bond donors (Lipinski definition) is 1. The van der Waals surface area contributed by atoms with Crippen molar-refractivity contribution >= 4 is 28.3 Å². The lowest BCUT2D eigenvalue weighted by atomic mass is 10.0. The van der Waals surface area contributed by atoms with Gasteiger partial charge in [0.15, 0.2) is 0 Å². The first-order valence-corrected chi connectivity index (χ1v) is 9.25. The molecule has 0 aliphatic carbocycles. The van der Waals surface area contributed by atoms with Gasteiger partial charge in [-0.2, -0.15) is 0 Å². The molecule has 0 amide bonds. The Hall–Kier alpha value is -3.57. The molecule has 0 saturated heterocycles. The molecule has 5 nitrogen and oxygen atoms in total. The molecule has 4 aromatic rings. The number of rotatable bonds is 5. The molecule has 0 radical (unpaired) electrons. The summed E-state index contributed by atoms with van der Waals surface area (Å²) in [5, 5.41) is 14.0. The van der Waals surface area contributed by atoms with Crippen LogP contribution in [0.15, 0.2) is 93.2 Å². The van der Waals surface area contributed by atoms with Crippen LogP contribution in [0.5, 0.6) is 5.75 Å². The summed E-state index contributed by atoms with van der Waals surface area (Å²) < 4.78 is 11.1. The van der Waals surface area contributed by atoms with E-state index in [0.717, 1.165) is 16.5 Å². The predicted molar refractivity (Wildman–Crippen MR) is 113 cm³/mol. The predicted octanol–water partition coefficient (Wildman–Crippen LogP) is 5.37. The van der Waals surface area contributed by atoms with Crippen LogP contribution in [-0.2, 0) is 0 Å². The van der Waals surface area contributed by atoms with Crippen LogP contribution in [0.25, 0.3) is 22.1 Å². The highest BCUT2D eigenvalue weighted by molar-refractivity contribution is 6.30. The fourth-order valence-corrected chi connectivity index (χ4v) is 3.18. The molecule has 0 spiro atoms. The van der Waals surface area contributed by atoms with E-state index in [9.17, 15) is 10.0 Å². The number of halogens is 1. The van der Waals surface area contributed by atoms with Gasteiger partial charge in [-0.25, -0.2) is 4.79 Å². The van der Waals surface area contributed by atoms with Crippen LogP contribution >= 0.6 is 11.6 Å². The van der Waals surface area contributed by atoms with Gasteiger partial charge in [0.2, 0.25) is 0 Å². The maximum Gasteiger partial charge on any atom is 0.336 e. The van der Waals surface area contributed by atoms with Gasteiger partial charge in [-0.1, -0.05) is 59.2 Å². The summed E-state index contributed by atoms with van der Waals surface area (Å²) in [5.41, 5.74) is 2.74. The fraction of sp³-hybridized carbons (Fsp3) is 0.0435. The van der Waals surface area contributed by atoms with Crippen LogP contribution in [-0.4, -0.2) is 17.5 Å². The van der Waals surface area contributed by atoms with Crippen molar-refractivity contribution < 1.29 is 14.4 Å². The molecular formula is C23H16ClNO4. The Bertz CT molecular complexity index is 1230. The van der Waals surface area contributed by atoms with E-state index in [2.05, 4.69) is 5.16 Å². The maximum absolute atomic E-state index is 12.0. The van der Waals surface area contributed by atoms with Crippen molar-refractivity contribution in [1.82, 2.24) is 0 Å². The number of oxime groups is 1. The van der Waals surface area contributed by atoms with Crippen molar-refractivity contribution in [2.45, 2.75) is 0 Å². The third-order valence-corrected chi connectivity index (χ3v) is 4.73. The van der Waals surface area contributed by atoms with Gasteiger partial charge in [0, 0.05) is 28.1 Å². The van der Waals surface area contributed by atoms with E-state index >= 15 is 0 Å². The van der Waals surface area contributed by atoms with Gasteiger partial charge < -0.3 is 14.4 Å². The van der Waals surface area contributed by atoms with Gasteiger partial charge in [0.1, 0.15) is 23.7 Å². The van der Waals surface area contributed by atoms with Crippen molar-refractivity contribution in [3.05, 3.63) is 99.9 Å². The third-order valence-electron chi connectivity index (χ3n) is 4.47. The van der Waals surface area contributed by atoms with E-state index in [1.807, 2.05) is 36.4 Å². The highest BCUT2D eigenvalue weighted by Crippen LogP contribution is 2.29. The van der Waals surface area contributed by atoms with E-state index in [0.29, 0.717) is 27.6 Å². The Morgan fingerprint density at radius 3 is 2.48 bits per heavy atom. The van der Waals surface area contributed by atoms with E-state index in [1.54, 1.807) is 36.4 Å². The molecular weight excluding hydrogens is 390 g/mol. The van der Waals surface area contributed by atoms with Crippen molar-refractivity contribution in [1.29, 1.82) is 0 Å². The first kappa shape index (κ1) is 18.8. The van der Waals surface area contributed by atoms with Crippen LogP contribution < -0.4 is 10.4 Å². The lowest BCUT2D eigenvalue weighted by Crippen LogP contribution is -2.13. The average molecular weight is 406 g/mol. The van der Waals surface area contributed by atoms with Crippen LogP contribution in [0.2, 0.25) is 5.02 Å². The van der Waals surface area contributed by atoms with Crippen LogP contribution in [0.4, 0.5) is 0 Å². The second-order valence-corrected chi connectivity index (χ2v) is 6.78. The molecule has 1 heterocycles.